The molecule has 3 unspecified atom stereocenters. The summed E-state index contributed by atoms with van der Waals surface area (Å²) in [6.45, 7) is 2.94. The van der Waals surface area contributed by atoms with E-state index in [4.69, 9.17) is 11.6 Å². The third-order valence-corrected chi connectivity index (χ3v) is 4.57. The average Bonchev–Trinajstić information content (AvgIpc) is 2.75. The van der Waals surface area contributed by atoms with Crippen molar-refractivity contribution in [2.45, 2.75) is 45.3 Å². The second kappa shape index (κ2) is 4.29. The van der Waals surface area contributed by atoms with E-state index in [0.717, 1.165) is 30.5 Å². The van der Waals surface area contributed by atoms with Gasteiger partial charge in [-0.1, -0.05) is 18.5 Å². The SMILES string of the molecule is CCCn1ncc(Cl)c1C(O)C1CC2CC2C1. The van der Waals surface area contributed by atoms with Crippen LogP contribution < -0.4 is 0 Å². The number of fused-ring (bicyclic) bond motifs is 1. The lowest BCUT2D eigenvalue weighted by atomic mass is 9.94. The molecule has 0 bridgehead atoms. The zero-order valence-electron chi connectivity index (χ0n) is 10.1. The molecule has 2 fully saturated rings. The number of rotatable bonds is 4. The van der Waals surface area contributed by atoms with Crippen molar-refractivity contribution in [3.05, 3.63) is 16.9 Å². The Kier molecular flexibility index (Phi) is 2.91. The average molecular weight is 255 g/mol. The Bertz CT molecular complexity index is 408. The minimum absolute atomic E-state index is 0.392. The minimum Gasteiger partial charge on any atom is -0.386 e. The molecule has 0 saturated heterocycles. The van der Waals surface area contributed by atoms with Crippen molar-refractivity contribution in [2.75, 3.05) is 0 Å². The number of hydrogen-bond donors (Lipinski definition) is 1. The summed E-state index contributed by atoms with van der Waals surface area (Å²) < 4.78 is 1.87. The highest BCUT2D eigenvalue weighted by molar-refractivity contribution is 6.31. The molecular weight excluding hydrogens is 236 g/mol. The summed E-state index contributed by atoms with van der Waals surface area (Å²) in [5.74, 6) is 2.16. The first kappa shape index (κ1) is 11.5. The predicted molar refractivity (Wildman–Crippen MR) is 66.8 cm³/mol. The van der Waals surface area contributed by atoms with Gasteiger partial charge < -0.3 is 5.11 Å². The number of aliphatic hydroxyl groups excluding tert-OH is 1. The molecule has 0 aliphatic heterocycles. The molecule has 1 aromatic heterocycles. The van der Waals surface area contributed by atoms with E-state index < -0.39 is 6.10 Å². The van der Waals surface area contributed by atoms with Crippen LogP contribution in [0.3, 0.4) is 0 Å². The van der Waals surface area contributed by atoms with Gasteiger partial charge in [-0.15, -0.1) is 0 Å². The topological polar surface area (TPSA) is 38.0 Å². The minimum atomic E-state index is -0.427. The van der Waals surface area contributed by atoms with Crippen LogP contribution in [-0.4, -0.2) is 14.9 Å². The summed E-state index contributed by atoms with van der Waals surface area (Å²) in [5.41, 5.74) is 0.833. The van der Waals surface area contributed by atoms with E-state index in [1.165, 1.54) is 19.3 Å². The molecule has 4 heteroatoms. The molecular formula is C13H19ClN2O. The van der Waals surface area contributed by atoms with E-state index in [9.17, 15) is 5.11 Å². The lowest BCUT2D eigenvalue weighted by Crippen LogP contribution is -2.16. The van der Waals surface area contributed by atoms with Gasteiger partial charge in [-0.3, -0.25) is 4.68 Å². The van der Waals surface area contributed by atoms with Crippen LogP contribution in [0.15, 0.2) is 6.20 Å². The molecule has 0 spiro atoms. The number of aliphatic hydroxyl groups is 1. The van der Waals surface area contributed by atoms with E-state index >= 15 is 0 Å². The maximum Gasteiger partial charge on any atom is 0.1000 e. The van der Waals surface area contributed by atoms with Crippen molar-refractivity contribution in [3.63, 3.8) is 0 Å². The molecule has 3 rings (SSSR count). The molecule has 3 atom stereocenters. The van der Waals surface area contributed by atoms with Gasteiger partial charge in [-0.05, 0) is 43.4 Å². The van der Waals surface area contributed by atoms with Gasteiger partial charge in [0, 0.05) is 6.54 Å². The molecule has 17 heavy (non-hydrogen) atoms. The Balaban J connectivity index is 1.79. The van der Waals surface area contributed by atoms with Crippen LogP contribution in [0, 0.1) is 17.8 Å². The quantitative estimate of drug-likeness (QED) is 0.897. The summed E-state index contributed by atoms with van der Waals surface area (Å²) in [4.78, 5) is 0. The summed E-state index contributed by atoms with van der Waals surface area (Å²) >= 11 is 6.16. The zero-order chi connectivity index (χ0) is 12.0. The summed E-state index contributed by atoms with van der Waals surface area (Å²) in [6, 6.07) is 0. The predicted octanol–water partition coefficient (Wildman–Crippen LogP) is 3.03. The second-order valence-corrected chi connectivity index (χ2v) is 5.94. The van der Waals surface area contributed by atoms with E-state index in [-0.39, 0.29) is 0 Å². The Labute approximate surface area is 107 Å². The Morgan fingerprint density at radius 3 is 2.82 bits per heavy atom. The zero-order valence-corrected chi connectivity index (χ0v) is 10.9. The second-order valence-electron chi connectivity index (χ2n) is 5.53. The molecule has 1 N–H and O–H groups in total. The van der Waals surface area contributed by atoms with E-state index in [1.807, 2.05) is 4.68 Å². The fraction of sp³-hybridized carbons (Fsp3) is 0.769. The number of nitrogens with zero attached hydrogens (tertiary/aromatic N) is 2. The maximum atomic E-state index is 10.5. The summed E-state index contributed by atoms with van der Waals surface area (Å²) in [7, 11) is 0. The van der Waals surface area contributed by atoms with Crippen molar-refractivity contribution in [1.82, 2.24) is 9.78 Å². The highest BCUT2D eigenvalue weighted by Gasteiger charge is 2.48. The third kappa shape index (κ3) is 2.00. The monoisotopic (exact) mass is 254 g/mol. The van der Waals surface area contributed by atoms with Crippen molar-refractivity contribution in [1.29, 1.82) is 0 Å². The normalized spacial score (nSPS) is 32.5. The Morgan fingerprint density at radius 1 is 1.47 bits per heavy atom. The van der Waals surface area contributed by atoms with Crippen molar-refractivity contribution in [3.8, 4) is 0 Å². The van der Waals surface area contributed by atoms with E-state index in [2.05, 4.69) is 12.0 Å². The number of halogens is 1. The van der Waals surface area contributed by atoms with Gasteiger partial charge in [0.15, 0.2) is 0 Å². The van der Waals surface area contributed by atoms with Crippen molar-refractivity contribution < 1.29 is 5.11 Å². The molecule has 0 aromatic carbocycles. The lowest BCUT2D eigenvalue weighted by Gasteiger charge is -2.21. The Hall–Kier alpha value is -0.540. The molecule has 0 radical (unpaired) electrons. The molecule has 1 aromatic rings. The fourth-order valence-corrected chi connectivity index (χ4v) is 3.55. The maximum absolute atomic E-state index is 10.5. The largest absolute Gasteiger partial charge is 0.386 e. The van der Waals surface area contributed by atoms with Crippen molar-refractivity contribution in [2.24, 2.45) is 17.8 Å². The highest BCUT2D eigenvalue weighted by Crippen LogP contribution is 2.57. The van der Waals surface area contributed by atoms with Crippen LogP contribution in [0.1, 0.15) is 44.4 Å². The van der Waals surface area contributed by atoms with E-state index in [1.54, 1.807) is 6.20 Å². The fourth-order valence-electron chi connectivity index (χ4n) is 3.30. The molecule has 0 amide bonds. The van der Waals surface area contributed by atoms with Gasteiger partial charge in [0.25, 0.3) is 0 Å². The van der Waals surface area contributed by atoms with Crippen LogP contribution in [-0.2, 0) is 6.54 Å². The van der Waals surface area contributed by atoms with Crippen molar-refractivity contribution >= 4 is 11.6 Å². The first-order chi connectivity index (χ1) is 8.20. The highest BCUT2D eigenvalue weighted by atomic mass is 35.5. The van der Waals surface area contributed by atoms with Gasteiger partial charge in [0.2, 0.25) is 0 Å². The lowest BCUT2D eigenvalue weighted by molar-refractivity contribution is 0.0952. The first-order valence-corrected chi connectivity index (χ1v) is 6.97. The van der Waals surface area contributed by atoms with Crippen LogP contribution >= 0.6 is 11.6 Å². The molecule has 2 aliphatic rings. The summed E-state index contributed by atoms with van der Waals surface area (Å²) in [6.07, 6.45) is 5.95. The number of aryl methyl sites for hydroxylation is 1. The molecule has 2 saturated carbocycles. The van der Waals surface area contributed by atoms with E-state index in [0.29, 0.717) is 10.9 Å². The van der Waals surface area contributed by atoms with Crippen LogP contribution in [0.2, 0.25) is 5.02 Å². The molecule has 94 valence electrons. The van der Waals surface area contributed by atoms with Crippen LogP contribution in [0.4, 0.5) is 0 Å². The molecule has 2 aliphatic carbocycles. The van der Waals surface area contributed by atoms with Crippen LogP contribution in [0.25, 0.3) is 0 Å². The number of hydrogen-bond acceptors (Lipinski definition) is 2. The van der Waals surface area contributed by atoms with Gasteiger partial charge in [0.1, 0.15) is 0 Å². The van der Waals surface area contributed by atoms with Gasteiger partial charge in [-0.2, -0.15) is 5.10 Å². The smallest absolute Gasteiger partial charge is 0.1000 e. The van der Waals surface area contributed by atoms with Gasteiger partial charge in [0.05, 0.1) is 23.0 Å². The Morgan fingerprint density at radius 2 is 2.18 bits per heavy atom. The van der Waals surface area contributed by atoms with Gasteiger partial charge in [-0.25, -0.2) is 0 Å². The first-order valence-electron chi connectivity index (χ1n) is 6.60. The van der Waals surface area contributed by atoms with Crippen LogP contribution in [0.5, 0.6) is 0 Å². The van der Waals surface area contributed by atoms with Gasteiger partial charge >= 0.3 is 0 Å². The molecule has 3 nitrogen and oxygen atoms in total. The molecule has 1 heterocycles. The standard InChI is InChI=1S/C13H19ClN2O/c1-2-3-16-12(11(14)7-15-16)13(17)10-5-8-4-9(8)6-10/h7-10,13,17H,2-6H2,1H3. The number of aromatic nitrogens is 2. The third-order valence-electron chi connectivity index (χ3n) is 4.28. The summed E-state index contributed by atoms with van der Waals surface area (Å²) in [5, 5.41) is 15.4.